The van der Waals surface area contributed by atoms with Gasteiger partial charge < -0.3 is 14.8 Å². The molecule has 6 nitrogen and oxygen atoms in total. The number of hydrogen-bond acceptors (Lipinski definition) is 5. The summed E-state index contributed by atoms with van der Waals surface area (Å²) < 4.78 is 10.8. The number of hydrazone groups is 1. The molecule has 98 valence electrons. The van der Waals surface area contributed by atoms with Gasteiger partial charge in [0.1, 0.15) is 0 Å². The summed E-state index contributed by atoms with van der Waals surface area (Å²) in [5.41, 5.74) is 3.38. The van der Waals surface area contributed by atoms with Crippen LogP contribution in [0.2, 0.25) is 0 Å². The van der Waals surface area contributed by atoms with Crippen molar-refractivity contribution in [3.8, 4) is 0 Å². The van der Waals surface area contributed by atoms with Gasteiger partial charge in [0.2, 0.25) is 0 Å². The first-order valence-corrected chi connectivity index (χ1v) is 5.97. The Morgan fingerprint density at radius 1 is 1.47 bits per heavy atom. The quantitative estimate of drug-likeness (QED) is 0.628. The summed E-state index contributed by atoms with van der Waals surface area (Å²) >= 11 is 0. The molecule has 17 heavy (non-hydrogen) atoms. The molecule has 0 fully saturated rings. The van der Waals surface area contributed by atoms with Gasteiger partial charge in [-0.15, -0.1) is 0 Å². The van der Waals surface area contributed by atoms with E-state index < -0.39 is 0 Å². The van der Waals surface area contributed by atoms with Crippen molar-refractivity contribution in [3.63, 3.8) is 0 Å². The van der Waals surface area contributed by atoms with Gasteiger partial charge in [0.25, 0.3) is 5.91 Å². The number of amides is 1. The van der Waals surface area contributed by atoms with E-state index in [9.17, 15) is 4.79 Å². The van der Waals surface area contributed by atoms with Gasteiger partial charge >= 0.3 is 0 Å². The van der Waals surface area contributed by atoms with Crippen molar-refractivity contribution in [1.82, 2.24) is 10.7 Å². The minimum absolute atomic E-state index is 0.109. The predicted octanol–water partition coefficient (Wildman–Crippen LogP) is 0.240. The van der Waals surface area contributed by atoms with Crippen molar-refractivity contribution >= 4 is 11.6 Å². The largest absolute Gasteiger partial charge is 0.352 e. The lowest BCUT2D eigenvalue weighted by Crippen LogP contribution is -2.49. The Morgan fingerprint density at radius 2 is 2.12 bits per heavy atom. The lowest BCUT2D eigenvalue weighted by Gasteiger charge is -2.24. The fraction of sp³-hybridized carbons (Fsp3) is 0.818. The number of carbonyl (C=O) groups excluding carboxylic acids is 1. The number of carbonyl (C=O) groups is 1. The van der Waals surface area contributed by atoms with Crippen molar-refractivity contribution < 1.29 is 14.3 Å². The van der Waals surface area contributed by atoms with Crippen LogP contribution in [0.1, 0.15) is 27.2 Å². The molecule has 1 aliphatic rings. The molecule has 0 saturated carbocycles. The number of rotatable bonds is 7. The molecule has 0 radical (unpaired) electrons. The van der Waals surface area contributed by atoms with Gasteiger partial charge in [0, 0.05) is 31.9 Å². The third kappa shape index (κ3) is 4.80. The van der Waals surface area contributed by atoms with Crippen molar-refractivity contribution in [2.75, 3.05) is 19.8 Å². The van der Waals surface area contributed by atoms with Crippen molar-refractivity contribution in [2.24, 2.45) is 5.10 Å². The minimum Gasteiger partial charge on any atom is -0.352 e. The summed E-state index contributed by atoms with van der Waals surface area (Å²) in [6, 6.07) is -0.254. The van der Waals surface area contributed by atoms with Crippen molar-refractivity contribution in [2.45, 2.75) is 39.5 Å². The second-order valence-electron chi connectivity index (χ2n) is 3.83. The smallest absolute Gasteiger partial charge is 0.257 e. The van der Waals surface area contributed by atoms with E-state index >= 15 is 0 Å². The molecule has 0 spiro atoms. The van der Waals surface area contributed by atoms with E-state index in [-0.39, 0.29) is 18.2 Å². The first-order chi connectivity index (χ1) is 8.17. The van der Waals surface area contributed by atoms with E-state index in [4.69, 9.17) is 9.47 Å². The normalized spacial score (nSPS) is 20.4. The molecular weight excluding hydrogens is 222 g/mol. The van der Waals surface area contributed by atoms with Crippen LogP contribution in [0.5, 0.6) is 0 Å². The molecule has 1 heterocycles. The van der Waals surface area contributed by atoms with E-state index in [1.807, 2.05) is 20.8 Å². The van der Waals surface area contributed by atoms with E-state index in [0.29, 0.717) is 26.2 Å². The maximum Gasteiger partial charge on any atom is 0.257 e. The molecule has 0 saturated heterocycles. The molecule has 0 aromatic heterocycles. The molecule has 0 aromatic carbocycles. The highest BCUT2D eigenvalue weighted by molar-refractivity contribution is 5.94. The predicted molar refractivity (Wildman–Crippen MR) is 64.7 cm³/mol. The Morgan fingerprint density at radius 3 is 2.71 bits per heavy atom. The highest BCUT2D eigenvalue weighted by Gasteiger charge is 2.23. The van der Waals surface area contributed by atoms with E-state index in [0.717, 1.165) is 5.71 Å². The number of ether oxygens (including phenoxy) is 2. The fourth-order valence-corrected chi connectivity index (χ4v) is 1.60. The number of nitrogens with zero attached hydrogens (tertiary/aromatic N) is 1. The summed E-state index contributed by atoms with van der Waals surface area (Å²) in [5.74, 6) is -0.109. The maximum atomic E-state index is 11.5. The molecule has 0 aliphatic carbocycles. The summed E-state index contributed by atoms with van der Waals surface area (Å²) in [6.07, 6.45) is 0.313. The molecule has 0 bridgehead atoms. The Balaban J connectivity index is 2.37. The average molecular weight is 243 g/mol. The van der Waals surface area contributed by atoms with Crippen LogP contribution < -0.4 is 10.7 Å². The Labute approximate surface area is 102 Å². The topological polar surface area (TPSA) is 72.0 Å². The van der Waals surface area contributed by atoms with Gasteiger partial charge in [-0.25, -0.2) is 5.43 Å². The van der Waals surface area contributed by atoms with E-state index in [2.05, 4.69) is 15.8 Å². The van der Waals surface area contributed by atoms with Crippen LogP contribution in [0.15, 0.2) is 5.10 Å². The van der Waals surface area contributed by atoms with Crippen molar-refractivity contribution in [1.29, 1.82) is 0 Å². The molecule has 1 amide bonds. The summed E-state index contributed by atoms with van der Waals surface area (Å²) in [6.45, 7) is 7.38. The zero-order chi connectivity index (χ0) is 12.7. The fourth-order valence-electron chi connectivity index (χ4n) is 1.60. The first kappa shape index (κ1) is 14.1. The third-order valence-electron chi connectivity index (χ3n) is 2.41. The molecule has 1 rings (SSSR count). The zero-order valence-corrected chi connectivity index (χ0v) is 10.7. The lowest BCUT2D eigenvalue weighted by molar-refractivity contribution is -0.136. The second-order valence-corrected chi connectivity index (χ2v) is 3.83. The second kappa shape index (κ2) is 7.37. The van der Waals surface area contributed by atoms with Gasteiger partial charge in [0.05, 0.1) is 6.04 Å². The van der Waals surface area contributed by atoms with E-state index in [1.54, 1.807) is 0 Å². The zero-order valence-electron chi connectivity index (χ0n) is 10.7. The highest BCUT2D eigenvalue weighted by atomic mass is 16.7. The van der Waals surface area contributed by atoms with Crippen LogP contribution in [0.3, 0.4) is 0 Å². The van der Waals surface area contributed by atoms with Gasteiger partial charge in [-0.2, -0.15) is 5.10 Å². The summed E-state index contributed by atoms with van der Waals surface area (Å²) in [4.78, 5) is 11.5. The van der Waals surface area contributed by atoms with Crippen LogP contribution >= 0.6 is 0 Å². The van der Waals surface area contributed by atoms with Crippen LogP contribution in [0.4, 0.5) is 0 Å². The van der Waals surface area contributed by atoms with Crippen LogP contribution in [0, 0.1) is 0 Å². The Kier molecular flexibility index (Phi) is 6.10. The number of hydrogen-bond donors (Lipinski definition) is 2. The van der Waals surface area contributed by atoms with Gasteiger partial charge in [-0.3, -0.25) is 4.79 Å². The minimum atomic E-state index is -0.308. The van der Waals surface area contributed by atoms with Crippen LogP contribution in [-0.2, 0) is 14.3 Å². The molecular formula is C11H21N3O3. The van der Waals surface area contributed by atoms with Gasteiger partial charge in [0.15, 0.2) is 6.29 Å². The highest BCUT2D eigenvalue weighted by Crippen LogP contribution is 2.02. The monoisotopic (exact) mass is 243 g/mol. The molecule has 1 atom stereocenters. The SMILES string of the molecule is CCOC(CNC1CC(C)=NNC1=O)OCC. The first-order valence-electron chi connectivity index (χ1n) is 5.97. The Bertz CT molecular complexity index is 275. The summed E-state index contributed by atoms with van der Waals surface area (Å²) in [7, 11) is 0. The maximum absolute atomic E-state index is 11.5. The third-order valence-corrected chi connectivity index (χ3v) is 2.41. The van der Waals surface area contributed by atoms with Crippen LogP contribution in [0.25, 0.3) is 0 Å². The molecule has 1 aliphatic heterocycles. The average Bonchev–Trinajstić information content (AvgIpc) is 2.30. The standard InChI is InChI=1S/C11H21N3O3/c1-4-16-10(17-5-2)7-12-9-6-8(3)13-14-11(9)15/h9-10,12H,4-7H2,1-3H3,(H,14,15). The lowest BCUT2D eigenvalue weighted by atomic mass is 10.1. The molecule has 2 N–H and O–H groups in total. The number of nitrogens with one attached hydrogen (secondary N) is 2. The van der Waals surface area contributed by atoms with Gasteiger partial charge in [-0.05, 0) is 20.8 Å². The van der Waals surface area contributed by atoms with Crippen LogP contribution in [-0.4, -0.2) is 43.7 Å². The van der Waals surface area contributed by atoms with E-state index in [1.165, 1.54) is 0 Å². The molecule has 1 unspecified atom stereocenters. The summed E-state index contributed by atoms with van der Waals surface area (Å²) in [5, 5.41) is 7.00. The van der Waals surface area contributed by atoms with Crippen molar-refractivity contribution in [3.05, 3.63) is 0 Å². The molecule has 6 heteroatoms. The Hall–Kier alpha value is -0.980. The molecule has 0 aromatic rings. The van der Waals surface area contributed by atoms with Gasteiger partial charge in [-0.1, -0.05) is 0 Å².